The third kappa shape index (κ3) is 5.91. The fourth-order valence-electron chi connectivity index (χ4n) is 3.82. The molecule has 3 atom stereocenters. The van der Waals surface area contributed by atoms with E-state index >= 15 is 0 Å². The van der Waals surface area contributed by atoms with Gasteiger partial charge in [0.1, 0.15) is 0 Å². The molecule has 0 aromatic heterocycles. The second-order valence-electron chi connectivity index (χ2n) is 7.21. The molecule has 1 aromatic carbocycles. The van der Waals surface area contributed by atoms with Crippen LogP contribution in [0.2, 0.25) is 0 Å². The predicted octanol–water partition coefficient (Wildman–Crippen LogP) is 2.64. The Hall–Kier alpha value is -1.39. The molecule has 1 amide bonds. The van der Waals surface area contributed by atoms with Gasteiger partial charge in [0.25, 0.3) is 0 Å². The number of rotatable bonds is 8. The Morgan fingerprint density at radius 3 is 2.54 bits per heavy atom. The average Bonchev–Trinajstić information content (AvgIpc) is 2.62. The molecule has 134 valence electrons. The van der Waals surface area contributed by atoms with Gasteiger partial charge in [0.2, 0.25) is 5.91 Å². The lowest BCUT2D eigenvalue weighted by Crippen LogP contribution is -2.41. The zero-order valence-electron chi connectivity index (χ0n) is 14.8. The van der Waals surface area contributed by atoms with Crippen molar-refractivity contribution in [2.45, 2.75) is 63.5 Å². The molecule has 1 saturated carbocycles. The van der Waals surface area contributed by atoms with Crippen molar-refractivity contribution < 1.29 is 9.90 Å². The highest BCUT2D eigenvalue weighted by molar-refractivity contribution is 5.78. The van der Waals surface area contributed by atoms with Crippen LogP contribution in [0.1, 0.15) is 50.5 Å². The summed E-state index contributed by atoms with van der Waals surface area (Å²) in [7, 11) is 1.65. The summed E-state index contributed by atoms with van der Waals surface area (Å²) in [6, 6.07) is 9.71. The van der Waals surface area contributed by atoms with Crippen molar-refractivity contribution in [2.24, 2.45) is 17.6 Å². The number of hydrogen-bond acceptors (Lipinski definition) is 3. The highest BCUT2D eigenvalue weighted by atomic mass is 16.3. The van der Waals surface area contributed by atoms with E-state index in [4.69, 9.17) is 5.73 Å². The first kappa shape index (κ1) is 18.9. The van der Waals surface area contributed by atoms with Gasteiger partial charge in [0.05, 0.1) is 6.10 Å². The SMILES string of the molecule is CNC(=O)C(Cc1ccccc1)C[C@H](O)C(N)CC1CCCCC1. The topological polar surface area (TPSA) is 75.3 Å². The maximum absolute atomic E-state index is 12.2. The van der Waals surface area contributed by atoms with E-state index in [9.17, 15) is 9.90 Å². The summed E-state index contributed by atoms with van der Waals surface area (Å²) in [5, 5.41) is 13.3. The van der Waals surface area contributed by atoms with Crippen LogP contribution in [0, 0.1) is 11.8 Å². The molecule has 1 aliphatic carbocycles. The molecule has 2 rings (SSSR count). The third-order valence-electron chi connectivity index (χ3n) is 5.29. The molecular weight excluding hydrogens is 300 g/mol. The summed E-state index contributed by atoms with van der Waals surface area (Å²) in [6.45, 7) is 0. The van der Waals surface area contributed by atoms with Gasteiger partial charge in [-0.2, -0.15) is 0 Å². The van der Waals surface area contributed by atoms with Crippen LogP contribution in [0.3, 0.4) is 0 Å². The molecule has 4 heteroatoms. The molecule has 1 fully saturated rings. The number of carbonyl (C=O) groups excluding carboxylic acids is 1. The van der Waals surface area contributed by atoms with Gasteiger partial charge in [0, 0.05) is 19.0 Å². The van der Waals surface area contributed by atoms with Crippen molar-refractivity contribution >= 4 is 5.91 Å². The lowest BCUT2D eigenvalue weighted by molar-refractivity contribution is -0.125. The maximum atomic E-state index is 12.2. The molecule has 4 nitrogen and oxygen atoms in total. The number of nitrogens with two attached hydrogens (primary N) is 1. The van der Waals surface area contributed by atoms with Crippen molar-refractivity contribution in [3.05, 3.63) is 35.9 Å². The zero-order chi connectivity index (χ0) is 17.4. The van der Waals surface area contributed by atoms with Crippen LogP contribution < -0.4 is 11.1 Å². The number of aliphatic hydroxyl groups excluding tert-OH is 1. The van der Waals surface area contributed by atoms with Crippen molar-refractivity contribution in [1.29, 1.82) is 0 Å². The second-order valence-corrected chi connectivity index (χ2v) is 7.21. The lowest BCUT2D eigenvalue weighted by Gasteiger charge is -2.28. The van der Waals surface area contributed by atoms with Gasteiger partial charge in [-0.1, -0.05) is 62.4 Å². The van der Waals surface area contributed by atoms with Crippen molar-refractivity contribution in [3.63, 3.8) is 0 Å². The summed E-state index contributed by atoms with van der Waals surface area (Å²) < 4.78 is 0. The molecule has 0 spiro atoms. The first-order chi connectivity index (χ1) is 11.6. The standard InChI is InChI=1S/C20H32N2O2/c1-22-20(24)17(12-15-8-4-2-5-9-15)14-19(23)18(21)13-16-10-6-3-7-11-16/h2,4-5,8-9,16-19,23H,3,6-7,10-14,21H2,1H3,(H,22,24)/t17?,18?,19-/m0/s1. The molecule has 24 heavy (non-hydrogen) atoms. The minimum absolute atomic E-state index is 0.0252. The first-order valence-electron chi connectivity index (χ1n) is 9.29. The summed E-state index contributed by atoms with van der Waals surface area (Å²) >= 11 is 0. The van der Waals surface area contributed by atoms with E-state index in [-0.39, 0.29) is 17.9 Å². The molecular formula is C20H32N2O2. The lowest BCUT2D eigenvalue weighted by atomic mass is 9.82. The van der Waals surface area contributed by atoms with Crippen LogP contribution >= 0.6 is 0 Å². The molecule has 0 radical (unpaired) electrons. The number of nitrogens with one attached hydrogen (secondary N) is 1. The monoisotopic (exact) mass is 332 g/mol. The quantitative estimate of drug-likeness (QED) is 0.685. The van der Waals surface area contributed by atoms with E-state index in [1.165, 1.54) is 32.1 Å². The van der Waals surface area contributed by atoms with E-state index in [0.717, 1.165) is 12.0 Å². The maximum Gasteiger partial charge on any atom is 0.223 e. The van der Waals surface area contributed by atoms with Crippen LogP contribution in [0.4, 0.5) is 0 Å². The zero-order valence-corrected chi connectivity index (χ0v) is 14.8. The smallest absolute Gasteiger partial charge is 0.223 e. The minimum Gasteiger partial charge on any atom is -0.391 e. The number of amides is 1. The summed E-state index contributed by atoms with van der Waals surface area (Å²) in [5.41, 5.74) is 7.36. The molecule has 1 aliphatic rings. The summed E-state index contributed by atoms with van der Waals surface area (Å²) in [6.07, 6.45) is 7.63. The second kappa shape index (κ2) is 9.80. The van der Waals surface area contributed by atoms with E-state index < -0.39 is 6.10 Å². The molecule has 0 bridgehead atoms. The Morgan fingerprint density at radius 1 is 1.25 bits per heavy atom. The van der Waals surface area contributed by atoms with Crippen LogP contribution in [-0.2, 0) is 11.2 Å². The van der Waals surface area contributed by atoms with E-state index in [1.54, 1.807) is 7.05 Å². The Morgan fingerprint density at radius 2 is 1.92 bits per heavy atom. The van der Waals surface area contributed by atoms with Crippen LogP contribution in [0.15, 0.2) is 30.3 Å². The van der Waals surface area contributed by atoms with Crippen molar-refractivity contribution in [3.8, 4) is 0 Å². The number of carbonyl (C=O) groups is 1. The predicted molar refractivity (Wildman–Crippen MR) is 97.5 cm³/mol. The fourth-order valence-corrected chi connectivity index (χ4v) is 3.82. The van der Waals surface area contributed by atoms with Crippen LogP contribution in [-0.4, -0.2) is 30.2 Å². The Bertz CT molecular complexity index is 486. The normalized spacial score (nSPS) is 19.5. The molecule has 4 N–H and O–H groups in total. The van der Waals surface area contributed by atoms with Gasteiger partial charge in [-0.3, -0.25) is 4.79 Å². The Labute approximate surface area is 145 Å². The molecule has 2 unspecified atom stereocenters. The molecule has 0 aliphatic heterocycles. The van der Waals surface area contributed by atoms with Gasteiger partial charge in [-0.15, -0.1) is 0 Å². The van der Waals surface area contributed by atoms with Gasteiger partial charge < -0.3 is 16.2 Å². The van der Waals surface area contributed by atoms with Gasteiger partial charge in [-0.05, 0) is 30.7 Å². The first-order valence-corrected chi connectivity index (χ1v) is 9.29. The van der Waals surface area contributed by atoms with Crippen LogP contribution in [0.25, 0.3) is 0 Å². The average molecular weight is 332 g/mol. The van der Waals surface area contributed by atoms with Gasteiger partial charge in [-0.25, -0.2) is 0 Å². The van der Waals surface area contributed by atoms with Crippen LogP contribution in [0.5, 0.6) is 0 Å². The molecule has 1 aromatic rings. The fraction of sp³-hybridized carbons (Fsp3) is 0.650. The van der Waals surface area contributed by atoms with Crippen molar-refractivity contribution in [2.75, 3.05) is 7.05 Å². The minimum atomic E-state index is -0.627. The largest absolute Gasteiger partial charge is 0.391 e. The molecule has 0 heterocycles. The Balaban J connectivity index is 1.90. The number of hydrogen-bond donors (Lipinski definition) is 3. The number of benzene rings is 1. The molecule has 0 saturated heterocycles. The highest BCUT2D eigenvalue weighted by Gasteiger charge is 2.27. The Kier molecular flexibility index (Phi) is 7.73. The van der Waals surface area contributed by atoms with Gasteiger partial charge >= 0.3 is 0 Å². The van der Waals surface area contributed by atoms with Gasteiger partial charge in [0.15, 0.2) is 0 Å². The van der Waals surface area contributed by atoms with E-state index in [0.29, 0.717) is 18.8 Å². The van der Waals surface area contributed by atoms with Crippen molar-refractivity contribution in [1.82, 2.24) is 5.32 Å². The third-order valence-corrected chi connectivity index (χ3v) is 5.29. The highest BCUT2D eigenvalue weighted by Crippen LogP contribution is 2.28. The summed E-state index contributed by atoms with van der Waals surface area (Å²) in [5.74, 6) is 0.364. The number of aliphatic hydroxyl groups is 1. The van der Waals surface area contributed by atoms with E-state index in [1.807, 2.05) is 30.3 Å². The summed E-state index contributed by atoms with van der Waals surface area (Å²) in [4.78, 5) is 12.2. The van der Waals surface area contributed by atoms with E-state index in [2.05, 4.69) is 5.32 Å².